The van der Waals surface area contributed by atoms with Gasteiger partial charge in [-0.2, -0.15) is 0 Å². The zero-order valence-corrected chi connectivity index (χ0v) is 9.77. The second-order valence-corrected chi connectivity index (χ2v) is 4.30. The highest BCUT2D eigenvalue weighted by Gasteiger charge is 2.39. The minimum absolute atomic E-state index is 0.0526. The molecule has 2 atom stereocenters. The maximum absolute atomic E-state index is 12.1. The summed E-state index contributed by atoms with van der Waals surface area (Å²) in [5.74, 6) is -1.06. The van der Waals surface area contributed by atoms with Crippen molar-refractivity contribution in [3.63, 3.8) is 0 Å². The first-order valence-corrected chi connectivity index (χ1v) is 5.89. The van der Waals surface area contributed by atoms with Crippen LogP contribution in [0.5, 0.6) is 0 Å². The number of hydrogen-bond acceptors (Lipinski definition) is 4. The quantitative estimate of drug-likeness (QED) is 0.656. The van der Waals surface area contributed by atoms with Crippen molar-refractivity contribution in [2.45, 2.75) is 38.3 Å². The van der Waals surface area contributed by atoms with Gasteiger partial charge < -0.3 is 9.64 Å². The topological polar surface area (TPSA) is 75.7 Å². The molecule has 0 bridgehead atoms. The molecule has 0 aromatic carbocycles. The summed E-state index contributed by atoms with van der Waals surface area (Å²) in [6.07, 6.45) is 1.53. The second kappa shape index (κ2) is 4.83. The molecule has 6 nitrogen and oxygen atoms in total. The number of piperazine rings is 1. The van der Waals surface area contributed by atoms with E-state index in [9.17, 15) is 14.4 Å². The van der Waals surface area contributed by atoms with Gasteiger partial charge in [-0.25, -0.2) is 0 Å². The summed E-state index contributed by atoms with van der Waals surface area (Å²) in [4.78, 5) is 36.4. The Bertz CT molecular complexity index is 349. The Morgan fingerprint density at radius 3 is 2.88 bits per heavy atom. The SMILES string of the molecule is CCC1C(=O)NC(=O)CN1C(=O)[C@@H]1CCCO1. The first kappa shape index (κ1) is 12.0. The third-order valence-electron chi connectivity index (χ3n) is 3.13. The van der Waals surface area contributed by atoms with E-state index < -0.39 is 24.0 Å². The average Bonchev–Trinajstić information content (AvgIpc) is 2.80. The fraction of sp³-hybridized carbons (Fsp3) is 0.727. The van der Waals surface area contributed by atoms with Gasteiger partial charge in [-0.1, -0.05) is 6.92 Å². The standard InChI is InChI=1S/C11H16N2O4/c1-2-7-10(15)12-9(14)6-13(7)11(16)8-4-3-5-17-8/h7-8H,2-6H2,1H3,(H,12,14,15)/t7?,8-/m0/s1. The molecule has 1 unspecified atom stereocenters. The summed E-state index contributed by atoms with van der Waals surface area (Å²) in [6.45, 7) is 2.33. The molecule has 2 aliphatic heterocycles. The lowest BCUT2D eigenvalue weighted by Crippen LogP contribution is -2.61. The highest BCUT2D eigenvalue weighted by molar-refractivity contribution is 6.04. The fourth-order valence-electron chi connectivity index (χ4n) is 2.26. The lowest BCUT2D eigenvalue weighted by molar-refractivity contribution is -0.155. The first-order chi connectivity index (χ1) is 8.13. The summed E-state index contributed by atoms with van der Waals surface area (Å²) in [7, 11) is 0. The number of nitrogens with one attached hydrogen (secondary N) is 1. The van der Waals surface area contributed by atoms with Crippen LogP contribution in [0.1, 0.15) is 26.2 Å². The van der Waals surface area contributed by atoms with Crippen LogP contribution in [0.2, 0.25) is 0 Å². The van der Waals surface area contributed by atoms with Gasteiger partial charge in [0.25, 0.3) is 5.91 Å². The van der Waals surface area contributed by atoms with Crippen molar-refractivity contribution in [1.82, 2.24) is 10.2 Å². The Morgan fingerprint density at radius 2 is 2.29 bits per heavy atom. The molecule has 0 radical (unpaired) electrons. The molecule has 2 heterocycles. The van der Waals surface area contributed by atoms with Crippen LogP contribution in [-0.4, -0.2) is 47.9 Å². The zero-order valence-electron chi connectivity index (χ0n) is 9.77. The van der Waals surface area contributed by atoms with E-state index >= 15 is 0 Å². The molecule has 6 heteroatoms. The largest absolute Gasteiger partial charge is 0.368 e. The molecule has 0 spiro atoms. The molecule has 0 saturated carbocycles. The van der Waals surface area contributed by atoms with E-state index in [1.807, 2.05) is 6.92 Å². The summed E-state index contributed by atoms with van der Waals surface area (Å²) in [6, 6.07) is -0.551. The summed E-state index contributed by atoms with van der Waals surface area (Å²) in [5.41, 5.74) is 0. The molecule has 2 fully saturated rings. The molecule has 0 aromatic rings. The van der Waals surface area contributed by atoms with E-state index in [1.165, 1.54) is 4.90 Å². The van der Waals surface area contributed by atoms with Crippen LogP contribution in [-0.2, 0) is 19.1 Å². The average molecular weight is 240 g/mol. The Hall–Kier alpha value is -1.43. The van der Waals surface area contributed by atoms with Crippen molar-refractivity contribution < 1.29 is 19.1 Å². The molecule has 94 valence electrons. The van der Waals surface area contributed by atoms with Crippen LogP contribution < -0.4 is 5.32 Å². The van der Waals surface area contributed by atoms with Crippen molar-refractivity contribution in [1.29, 1.82) is 0 Å². The van der Waals surface area contributed by atoms with Gasteiger partial charge in [0.2, 0.25) is 11.8 Å². The van der Waals surface area contributed by atoms with Gasteiger partial charge in [-0.15, -0.1) is 0 Å². The number of imide groups is 1. The van der Waals surface area contributed by atoms with Crippen molar-refractivity contribution in [2.24, 2.45) is 0 Å². The van der Waals surface area contributed by atoms with E-state index in [2.05, 4.69) is 5.32 Å². The third-order valence-corrected chi connectivity index (χ3v) is 3.13. The highest BCUT2D eigenvalue weighted by atomic mass is 16.5. The number of carbonyl (C=O) groups excluding carboxylic acids is 3. The van der Waals surface area contributed by atoms with Gasteiger partial charge in [-0.05, 0) is 19.3 Å². The van der Waals surface area contributed by atoms with Crippen LogP contribution in [0.4, 0.5) is 0 Å². The van der Waals surface area contributed by atoms with Crippen molar-refractivity contribution in [2.75, 3.05) is 13.2 Å². The van der Waals surface area contributed by atoms with Crippen LogP contribution >= 0.6 is 0 Å². The molecular formula is C11H16N2O4. The van der Waals surface area contributed by atoms with Gasteiger partial charge in [0.05, 0.1) is 0 Å². The minimum Gasteiger partial charge on any atom is -0.368 e. The summed E-state index contributed by atoms with van der Waals surface area (Å²) < 4.78 is 5.30. The number of amides is 3. The van der Waals surface area contributed by atoms with Crippen molar-refractivity contribution in [3.05, 3.63) is 0 Å². The van der Waals surface area contributed by atoms with Gasteiger partial charge in [0.1, 0.15) is 18.7 Å². The van der Waals surface area contributed by atoms with Crippen LogP contribution in [0.3, 0.4) is 0 Å². The maximum Gasteiger partial charge on any atom is 0.252 e. The van der Waals surface area contributed by atoms with Crippen LogP contribution in [0, 0.1) is 0 Å². The number of hydrogen-bond donors (Lipinski definition) is 1. The minimum atomic E-state index is -0.551. The molecule has 1 N–H and O–H groups in total. The number of rotatable bonds is 2. The van der Waals surface area contributed by atoms with E-state index in [0.717, 1.165) is 6.42 Å². The monoisotopic (exact) mass is 240 g/mol. The molecule has 2 aliphatic rings. The predicted octanol–water partition coefficient (Wildman–Crippen LogP) is -0.571. The number of nitrogens with zero attached hydrogens (tertiary/aromatic N) is 1. The van der Waals surface area contributed by atoms with E-state index in [-0.39, 0.29) is 12.5 Å². The first-order valence-electron chi connectivity index (χ1n) is 5.89. The van der Waals surface area contributed by atoms with Gasteiger partial charge in [0, 0.05) is 6.61 Å². The smallest absolute Gasteiger partial charge is 0.252 e. The lowest BCUT2D eigenvalue weighted by atomic mass is 10.1. The van der Waals surface area contributed by atoms with Gasteiger partial charge >= 0.3 is 0 Å². The summed E-state index contributed by atoms with van der Waals surface area (Å²) in [5, 5.41) is 2.24. The van der Waals surface area contributed by atoms with Crippen molar-refractivity contribution in [3.8, 4) is 0 Å². The molecule has 2 rings (SSSR count). The molecule has 3 amide bonds. The summed E-state index contributed by atoms with van der Waals surface area (Å²) >= 11 is 0. The molecule has 0 aromatic heterocycles. The number of carbonyl (C=O) groups is 3. The molecule has 17 heavy (non-hydrogen) atoms. The lowest BCUT2D eigenvalue weighted by Gasteiger charge is -2.34. The fourth-order valence-corrected chi connectivity index (χ4v) is 2.26. The molecule has 2 saturated heterocycles. The highest BCUT2D eigenvalue weighted by Crippen LogP contribution is 2.18. The van der Waals surface area contributed by atoms with E-state index in [1.54, 1.807) is 0 Å². The molecular weight excluding hydrogens is 224 g/mol. The Kier molecular flexibility index (Phi) is 3.42. The predicted molar refractivity (Wildman–Crippen MR) is 57.9 cm³/mol. The Labute approximate surface area is 99.3 Å². The van der Waals surface area contributed by atoms with E-state index in [4.69, 9.17) is 4.74 Å². The number of ether oxygens (including phenoxy) is 1. The van der Waals surface area contributed by atoms with Gasteiger partial charge in [-0.3, -0.25) is 19.7 Å². The maximum atomic E-state index is 12.1. The van der Waals surface area contributed by atoms with Crippen LogP contribution in [0.25, 0.3) is 0 Å². The van der Waals surface area contributed by atoms with Crippen LogP contribution in [0.15, 0.2) is 0 Å². The Balaban J connectivity index is 2.12. The third kappa shape index (κ3) is 2.31. The van der Waals surface area contributed by atoms with Gasteiger partial charge in [0.15, 0.2) is 0 Å². The van der Waals surface area contributed by atoms with Crippen molar-refractivity contribution >= 4 is 17.7 Å². The molecule has 0 aliphatic carbocycles. The zero-order chi connectivity index (χ0) is 12.4. The Morgan fingerprint density at radius 1 is 1.53 bits per heavy atom. The van der Waals surface area contributed by atoms with E-state index in [0.29, 0.717) is 19.4 Å². The second-order valence-electron chi connectivity index (χ2n) is 4.30. The normalized spacial score (nSPS) is 29.4.